The number of hydrogen-bond donors (Lipinski definition) is 1. The number of aryl methyl sites for hydroxylation is 1. The van der Waals surface area contributed by atoms with Crippen molar-refractivity contribution in [3.05, 3.63) is 35.4 Å². The summed E-state index contributed by atoms with van der Waals surface area (Å²) in [6.45, 7) is 3.88. The molecule has 1 N–H and O–H groups in total. The van der Waals surface area contributed by atoms with Gasteiger partial charge in [0.25, 0.3) is 5.91 Å². The number of rotatable bonds is 1. The molecule has 1 aromatic rings. The Balaban J connectivity index is 2.40. The summed E-state index contributed by atoms with van der Waals surface area (Å²) in [6.07, 6.45) is 0. The molecule has 0 bridgehead atoms. The Morgan fingerprint density at radius 1 is 1.36 bits per heavy atom. The van der Waals surface area contributed by atoms with Crippen LogP contribution in [0.1, 0.15) is 24.0 Å². The number of amides is 1. The van der Waals surface area contributed by atoms with Crippen LogP contribution in [-0.4, -0.2) is 11.6 Å². The molecule has 0 fully saturated rings. The quantitative estimate of drug-likeness (QED) is 0.714. The Kier molecular flexibility index (Phi) is 2.08. The zero-order valence-corrected chi connectivity index (χ0v) is 8.24. The first-order valence-corrected chi connectivity index (χ1v) is 4.59. The van der Waals surface area contributed by atoms with Crippen molar-refractivity contribution >= 4 is 11.6 Å². The van der Waals surface area contributed by atoms with Crippen LogP contribution in [0, 0.1) is 6.92 Å². The van der Waals surface area contributed by atoms with Gasteiger partial charge in [-0.05, 0) is 19.4 Å². The number of nitrogens with zero attached hydrogens (tertiary/aromatic N) is 1. The van der Waals surface area contributed by atoms with E-state index in [1.54, 1.807) is 0 Å². The van der Waals surface area contributed by atoms with Crippen molar-refractivity contribution < 1.29 is 4.79 Å². The van der Waals surface area contributed by atoms with E-state index in [9.17, 15) is 4.79 Å². The lowest BCUT2D eigenvalue weighted by Gasteiger charge is -2.08. The van der Waals surface area contributed by atoms with Gasteiger partial charge >= 0.3 is 0 Å². The van der Waals surface area contributed by atoms with Crippen molar-refractivity contribution in [1.29, 1.82) is 0 Å². The van der Waals surface area contributed by atoms with Crippen molar-refractivity contribution in [2.45, 2.75) is 19.8 Å². The van der Waals surface area contributed by atoms with Crippen molar-refractivity contribution in [1.82, 2.24) is 5.43 Å². The van der Waals surface area contributed by atoms with Gasteiger partial charge in [0.2, 0.25) is 0 Å². The van der Waals surface area contributed by atoms with Crippen LogP contribution in [0.25, 0.3) is 0 Å². The zero-order valence-electron chi connectivity index (χ0n) is 8.24. The van der Waals surface area contributed by atoms with E-state index in [1.165, 1.54) is 0 Å². The highest BCUT2D eigenvalue weighted by Crippen LogP contribution is 2.21. The molecule has 72 valence electrons. The monoisotopic (exact) mass is 188 g/mol. The van der Waals surface area contributed by atoms with Crippen LogP contribution in [0.2, 0.25) is 0 Å². The highest BCUT2D eigenvalue weighted by Gasteiger charge is 2.28. The Labute approximate surface area is 82.8 Å². The summed E-state index contributed by atoms with van der Waals surface area (Å²) in [7, 11) is 0. The lowest BCUT2D eigenvalue weighted by Crippen LogP contribution is -2.20. The van der Waals surface area contributed by atoms with Gasteiger partial charge in [-0.2, -0.15) is 5.10 Å². The topological polar surface area (TPSA) is 41.5 Å². The average Bonchev–Trinajstić information content (AvgIpc) is 2.46. The minimum Gasteiger partial charge on any atom is -0.272 e. The SMILES string of the molecule is CC1=NNC(=O)C1c1cccc(C)c1. The van der Waals surface area contributed by atoms with Gasteiger partial charge < -0.3 is 0 Å². The molecule has 14 heavy (non-hydrogen) atoms. The largest absolute Gasteiger partial charge is 0.272 e. The van der Waals surface area contributed by atoms with Crippen LogP contribution in [0.5, 0.6) is 0 Å². The smallest absolute Gasteiger partial charge is 0.253 e. The van der Waals surface area contributed by atoms with Crippen molar-refractivity contribution in [2.75, 3.05) is 0 Å². The first-order valence-electron chi connectivity index (χ1n) is 4.59. The molecule has 0 aromatic heterocycles. The number of carbonyl (C=O) groups excluding carboxylic acids is 1. The predicted molar refractivity (Wildman–Crippen MR) is 55.2 cm³/mol. The molecule has 1 amide bonds. The molecular formula is C11H12N2O. The van der Waals surface area contributed by atoms with E-state index in [0.29, 0.717) is 0 Å². The Hall–Kier alpha value is -1.64. The molecule has 3 heteroatoms. The van der Waals surface area contributed by atoms with E-state index >= 15 is 0 Å². The molecule has 1 aliphatic rings. The van der Waals surface area contributed by atoms with Crippen LogP contribution in [-0.2, 0) is 4.79 Å². The van der Waals surface area contributed by atoms with E-state index in [2.05, 4.69) is 10.5 Å². The van der Waals surface area contributed by atoms with Gasteiger partial charge in [0.15, 0.2) is 0 Å². The molecule has 0 aliphatic carbocycles. The van der Waals surface area contributed by atoms with Gasteiger partial charge in [0.1, 0.15) is 5.92 Å². The minimum absolute atomic E-state index is 0.0342. The molecular weight excluding hydrogens is 176 g/mol. The third kappa shape index (κ3) is 1.41. The highest BCUT2D eigenvalue weighted by atomic mass is 16.2. The molecule has 0 saturated heterocycles. The normalized spacial score (nSPS) is 20.6. The predicted octanol–water partition coefficient (Wildman–Crippen LogP) is 1.58. The van der Waals surface area contributed by atoms with Crippen LogP contribution in [0.3, 0.4) is 0 Å². The summed E-state index contributed by atoms with van der Waals surface area (Å²) >= 11 is 0. The molecule has 1 aliphatic heterocycles. The number of hydrogen-bond acceptors (Lipinski definition) is 2. The highest BCUT2D eigenvalue weighted by molar-refractivity contribution is 6.11. The number of benzene rings is 1. The van der Waals surface area contributed by atoms with Crippen molar-refractivity contribution in [3.8, 4) is 0 Å². The maximum Gasteiger partial charge on any atom is 0.253 e. The molecule has 3 nitrogen and oxygen atoms in total. The molecule has 1 aromatic carbocycles. The Morgan fingerprint density at radius 2 is 2.14 bits per heavy atom. The maximum atomic E-state index is 11.5. The summed E-state index contributed by atoms with van der Waals surface area (Å²) in [5.41, 5.74) is 5.50. The molecule has 0 radical (unpaired) electrons. The summed E-state index contributed by atoms with van der Waals surface area (Å²) in [5, 5.41) is 3.92. The van der Waals surface area contributed by atoms with Crippen LogP contribution in [0.15, 0.2) is 29.4 Å². The van der Waals surface area contributed by atoms with Gasteiger partial charge in [-0.1, -0.05) is 29.8 Å². The Bertz CT molecular complexity index is 410. The molecule has 1 heterocycles. The molecule has 0 spiro atoms. The van der Waals surface area contributed by atoms with Crippen LogP contribution < -0.4 is 5.43 Å². The fourth-order valence-electron chi connectivity index (χ4n) is 1.70. The lowest BCUT2D eigenvalue weighted by atomic mass is 9.94. The number of nitrogens with one attached hydrogen (secondary N) is 1. The summed E-state index contributed by atoms with van der Waals surface area (Å²) in [4.78, 5) is 11.5. The van der Waals surface area contributed by atoms with E-state index < -0.39 is 0 Å². The second kappa shape index (κ2) is 3.25. The maximum absolute atomic E-state index is 11.5. The fraction of sp³-hybridized carbons (Fsp3) is 0.273. The van der Waals surface area contributed by atoms with Crippen molar-refractivity contribution in [3.63, 3.8) is 0 Å². The van der Waals surface area contributed by atoms with E-state index in [0.717, 1.165) is 16.8 Å². The van der Waals surface area contributed by atoms with Gasteiger partial charge in [-0.25, -0.2) is 5.43 Å². The molecule has 2 rings (SSSR count). The zero-order chi connectivity index (χ0) is 10.1. The second-order valence-corrected chi connectivity index (χ2v) is 3.58. The van der Waals surface area contributed by atoms with Crippen molar-refractivity contribution in [2.24, 2.45) is 5.10 Å². The van der Waals surface area contributed by atoms with Gasteiger partial charge in [0.05, 0.1) is 5.71 Å². The third-order valence-corrected chi connectivity index (χ3v) is 2.40. The molecule has 0 saturated carbocycles. The van der Waals surface area contributed by atoms with Gasteiger partial charge in [-0.3, -0.25) is 4.79 Å². The first kappa shape index (κ1) is 8.94. The summed E-state index contributed by atoms with van der Waals surface area (Å²) in [5.74, 6) is -0.233. The Morgan fingerprint density at radius 3 is 2.71 bits per heavy atom. The van der Waals surface area contributed by atoms with Crippen LogP contribution in [0.4, 0.5) is 0 Å². The average molecular weight is 188 g/mol. The number of hydrazone groups is 1. The van der Waals surface area contributed by atoms with Gasteiger partial charge in [-0.15, -0.1) is 0 Å². The fourth-order valence-corrected chi connectivity index (χ4v) is 1.70. The summed E-state index contributed by atoms with van der Waals surface area (Å²) < 4.78 is 0. The minimum atomic E-state index is -0.199. The van der Waals surface area contributed by atoms with E-state index in [-0.39, 0.29) is 11.8 Å². The molecule has 1 unspecified atom stereocenters. The van der Waals surface area contributed by atoms with E-state index in [1.807, 2.05) is 38.1 Å². The third-order valence-electron chi connectivity index (χ3n) is 2.40. The van der Waals surface area contributed by atoms with E-state index in [4.69, 9.17) is 0 Å². The van der Waals surface area contributed by atoms with Gasteiger partial charge in [0, 0.05) is 0 Å². The van der Waals surface area contributed by atoms with Crippen LogP contribution >= 0.6 is 0 Å². The second-order valence-electron chi connectivity index (χ2n) is 3.58. The standard InChI is InChI=1S/C11H12N2O/c1-7-4-3-5-9(6-7)10-8(2)12-13-11(10)14/h3-6,10H,1-2H3,(H,13,14). The molecule has 1 atom stereocenters. The number of carbonyl (C=O) groups is 1. The lowest BCUT2D eigenvalue weighted by molar-refractivity contribution is -0.120. The first-order chi connectivity index (χ1) is 6.68. The summed E-state index contributed by atoms with van der Waals surface area (Å²) in [6, 6.07) is 7.96.